The summed E-state index contributed by atoms with van der Waals surface area (Å²) in [6.07, 6.45) is 0. The number of ether oxygens (including phenoxy) is 1. The fourth-order valence-electron chi connectivity index (χ4n) is 1.99. The monoisotopic (exact) mass is 352 g/mol. The number of benzene rings is 1. The van der Waals surface area contributed by atoms with Crippen molar-refractivity contribution in [1.82, 2.24) is 0 Å². The van der Waals surface area contributed by atoms with Crippen LogP contribution in [0.25, 0.3) is 0 Å². The number of furan rings is 1. The van der Waals surface area contributed by atoms with E-state index in [0.29, 0.717) is 10.7 Å². The number of aryl methyl sites for hydroxylation is 2. The second-order valence-electron chi connectivity index (χ2n) is 4.96. The molecule has 0 aliphatic heterocycles. The molecule has 9 heteroatoms. The Morgan fingerprint density at radius 3 is 2.62 bits per heavy atom. The standard InChI is InChI=1S/C15H13ClN2O6/c1-8-5-9(2)14(10(16)6-8)17-12(19)7-23-15(20)11-3-4-13(24-11)18(21)22/h3-6H,7H2,1-2H3,(H,17,19). The van der Waals surface area contributed by atoms with E-state index in [1.165, 1.54) is 0 Å². The van der Waals surface area contributed by atoms with E-state index in [9.17, 15) is 19.7 Å². The number of halogens is 1. The first-order chi connectivity index (χ1) is 11.3. The number of nitrogens with one attached hydrogen (secondary N) is 1. The summed E-state index contributed by atoms with van der Waals surface area (Å²) >= 11 is 6.07. The average molecular weight is 353 g/mol. The van der Waals surface area contributed by atoms with Gasteiger partial charge in [-0.25, -0.2) is 4.79 Å². The van der Waals surface area contributed by atoms with Gasteiger partial charge in [0.15, 0.2) is 6.61 Å². The molecule has 8 nitrogen and oxygen atoms in total. The minimum absolute atomic E-state index is 0.362. The molecule has 0 spiro atoms. The molecule has 1 heterocycles. The van der Waals surface area contributed by atoms with Gasteiger partial charge < -0.3 is 14.5 Å². The number of nitrogens with zero attached hydrogens (tertiary/aromatic N) is 1. The minimum atomic E-state index is -0.982. The van der Waals surface area contributed by atoms with Crippen molar-refractivity contribution in [2.24, 2.45) is 0 Å². The summed E-state index contributed by atoms with van der Waals surface area (Å²) in [7, 11) is 0. The molecule has 2 aromatic rings. The van der Waals surface area contributed by atoms with Crippen LogP contribution in [0.5, 0.6) is 0 Å². The van der Waals surface area contributed by atoms with Crippen LogP contribution in [0.3, 0.4) is 0 Å². The molecule has 0 bridgehead atoms. The second kappa shape index (κ2) is 7.14. The molecule has 24 heavy (non-hydrogen) atoms. The Morgan fingerprint density at radius 1 is 1.33 bits per heavy atom. The molecule has 1 aromatic carbocycles. The summed E-state index contributed by atoms with van der Waals surface area (Å²) in [6.45, 7) is 3.06. The van der Waals surface area contributed by atoms with Crippen molar-refractivity contribution in [3.63, 3.8) is 0 Å². The third-order valence-electron chi connectivity index (χ3n) is 3.00. The molecule has 1 N–H and O–H groups in total. The first kappa shape index (κ1) is 17.5. The highest BCUT2D eigenvalue weighted by Crippen LogP contribution is 2.27. The van der Waals surface area contributed by atoms with E-state index in [-0.39, 0.29) is 5.76 Å². The maximum atomic E-state index is 11.9. The zero-order valence-electron chi connectivity index (χ0n) is 12.8. The molecule has 0 aliphatic carbocycles. The third-order valence-corrected chi connectivity index (χ3v) is 3.30. The molecule has 0 saturated heterocycles. The van der Waals surface area contributed by atoms with E-state index in [0.717, 1.165) is 23.3 Å². The normalized spacial score (nSPS) is 10.3. The van der Waals surface area contributed by atoms with Gasteiger partial charge in [0.1, 0.15) is 4.92 Å². The van der Waals surface area contributed by atoms with Crippen molar-refractivity contribution in [3.05, 3.63) is 56.3 Å². The Hall–Kier alpha value is -2.87. The minimum Gasteiger partial charge on any atom is -0.450 e. The second-order valence-corrected chi connectivity index (χ2v) is 5.37. The molecular weight excluding hydrogens is 340 g/mol. The van der Waals surface area contributed by atoms with Gasteiger partial charge in [0.25, 0.3) is 5.91 Å². The van der Waals surface area contributed by atoms with Crippen LogP contribution < -0.4 is 5.32 Å². The Bertz CT molecular complexity index is 791. The van der Waals surface area contributed by atoms with E-state index in [1.807, 2.05) is 13.0 Å². The van der Waals surface area contributed by atoms with Gasteiger partial charge in [-0.2, -0.15) is 0 Å². The van der Waals surface area contributed by atoms with Crippen molar-refractivity contribution in [3.8, 4) is 0 Å². The van der Waals surface area contributed by atoms with Gasteiger partial charge in [0.05, 0.1) is 16.8 Å². The molecule has 1 amide bonds. The average Bonchev–Trinajstić information content (AvgIpc) is 2.98. The van der Waals surface area contributed by atoms with Crippen LogP contribution in [0, 0.1) is 24.0 Å². The van der Waals surface area contributed by atoms with Gasteiger partial charge in [-0.05, 0) is 37.1 Å². The lowest BCUT2D eigenvalue weighted by atomic mass is 10.1. The topological polar surface area (TPSA) is 112 Å². The van der Waals surface area contributed by atoms with Crippen molar-refractivity contribution in [2.75, 3.05) is 11.9 Å². The lowest BCUT2D eigenvalue weighted by Crippen LogP contribution is -2.21. The predicted molar refractivity (Wildman–Crippen MR) is 85.2 cm³/mol. The molecule has 0 aliphatic rings. The van der Waals surface area contributed by atoms with Gasteiger partial charge in [-0.3, -0.25) is 14.9 Å². The van der Waals surface area contributed by atoms with Gasteiger partial charge >= 0.3 is 11.9 Å². The Kier molecular flexibility index (Phi) is 5.20. The molecule has 1 aromatic heterocycles. The largest absolute Gasteiger partial charge is 0.450 e. The zero-order valence-corrected chi connectivity index (χ0v) is 13.5. The lowest BCUT2D eigenvalue weighted by Gasteiger charge is -2.11. The Labute approximate surface area is 141 Å². The summed E-state index contributed by atoms with van der Waals surface area (Å²) in [6, 6.07) is 5.65. The SMILES string of the molecule is Cc1cc(C)c(NC(=O)COC(=O)c2ccc([N+](=O)[O-])o2)c(Cl)c1. The van der Waals surface area contributed by atoms with E-state index >= 15 is 0 Å². The van der Waals surface area contributed by atoms with Crippen LogP contribution in [0.15, 0.2) is 28.7 Å². The number of carbonyl (C=O) groups is 2. The van der Waals surface area contributed by atoms with Gasteiger partial charge in [-0.1, -0.05) is 17.7 Å². The van der Waals surface area contributed by atoms with Crippen LogP contribution in [0.2, 0.25) is 5.02 Å². The summed E-state index contributed by atoms with van der Waals surface area (Å²) in [5.41, 5.74) is 2.14. The summed E-state index contributed by atoms with van der Waals surface area (Å²) in [5, 5.41) is 13.4. The summed E-state index contributed by atoms with van der Waals surface area (Å²) in [4.78, 5) is 33.2. The number of amides is 1. The number of rotatable bonds is 5. The first-order valence-electron chi connectivity index (χ1n) is 6.76. The van der Waals surface area contributed by atoms with Gasteiger partial charge in [-0.15, -0.1) is 0 Å². The highest BCUT2D eigenvalue weighted by molar-refractivity contribution is 6.34. The third kappa shape index (κ3) is 4.11. The van der Waals surface area contributed by atoms with E-state index in [1.54, 1.807) is 13.0 Å². The Balaban J connectivity index is 1.95. The first-order valence-corrected chi connectivity index (χ1v) is 7.13. The van der Waals surface area contributed by atoms with Crippen LogP contribution in [0.4, 0.5) is 11.6 Å². The Morgan fingerprint density at radius 2 is 2.04 bits per heavy atom. The number of esters is 1. The van der Waals surface area contributed by atoms with Crippen molar-refractivity contribution in [1.29, 1.82) is 0 Å². The number of anilines is 1. The smallest absolute Gasteiger partial charge is 0.433 e. The molecule has 0 atom stereocenters. The lowest BCUT2D eigenvalue weighted by molar-refractivity contribution is -0.402. The van der Waals surface area contributed by atoms with Crippen LogP contribution in [-0.4, -0.2) is 23.4 Å². The zero-order chi connectivity index (χ0) is 17.9. The molecule has 2 rings (SSSR count). The number of carbonyl (C=O) groups excluding carboxylic acids is 2. The number of hydrogen-bond donors (Lipinski definition) is 1. The molecule has 126 valence electrons. The fourth-order valence-corrected chi connectivity index (χ4v) is 2.36. The predicted octanol–water partition coefficient (Wildman–Crippen LogP) is 3.25. The molecular formula is C15H13ClN2O6. The van der Waals surface area contributed by atoms with E-state index < -0.39 is 29.3 Å². The number of hydrogen-bond acceptors (Lipinski definition) is 6. The highest BCUT2D eigenvalue weighted by atomic mass is 35.5. The van der Waals surface area contributed by atoms with Crippen LogP contribution in [0.1, 0.15) is 21.7 Å². The highest BCUT2D eigenvalue weighted by Gasteiger charge is 2.19. The van der Waals surface area contributed by atoms with Crippen LogP contribution >= 0.6 is 11.6 Å². The quantitative estimate of drug-likeness (QED) is 0.502. The van der Waals surface area contributed by atoms with Crippen molar-refractivity contribution >= 4 is 35.0 Å². The van der Waals surface area contributed by atoms with E-state index in [4.69, 9.17) is 16.3 Å². The molecule has 0 fully saturated rings. The molecule has 0 unspecified atom stereocenters. The number of nitro groups is 1. The summed E-state index contributed by atoms with van der Waals surface area (Å²) in [5.74, 6) is -2.53. The van der Waals surface area contributed by atoms with Crippen LogP contribution in [-0.2, 0) is 9.53 Å². The molecule has 0 saturated carbocycles. The maximum absolute atomic E-state index is 11.9. The van der Waals surface area contributed by atoms with Crippen molar-refractivity contribution in [2.45, 2.75) is 13.8 Å². The van der Waals surface area contributed by atoms with Gasteiger partial charge in [0, 0.05) is 0 Å². The molecule has 0 radical (unpaired) electrons. The van der Waals surface area contributed by atoms with Gasteiger partial charge in [0.2, 0.25) is 5.76 Å². The maximum Gasteiger partial charge on any atom is 0.433 e. The fraction of sp³-hybridized carbons (Fsp3) is 0.200. The summed E-state index contributed by atoms with van der Waals surface area (Å²) < 4.78 is 9.43. The van der Waals surface area contributed by atoms with E-state index in [2.05, 4.69) is 9.73 Å². The van der Waals surface area contributed by atoms with Crippen molar-refractivity contribution < 1.29 is 23.7 Å².